The Morgan fingerprint density at radius 3 is 3.15 bits per heavy atom. The third-order valence-electron chi connectivity index (χ3n) is 3.12. The number of carbonyl (C=O) groups is 1. The minimum absolute atomic E-state index is 0.000732. The number of benzene rings is 1. The summed E-state index contributed by atoms with van der Waals surface area (Å²) in [7, 11) is 0. The van der Waals surface area contributed by atoms with Crippen LogP contribution in [-0.2, 0) is 4.79 Å². The van der Waals surface area contributed by atoms with Crippen LogP contribution in [0.3, 0.4) is 0 Å². The minimum atomic E-state index is -0.677. The van der Waals surface area contributed by atoms with E-state index in [1.54, 1.807) is 24.3 Å². The summed E-state index contributed by atoms with van der Waals surface area (Å²) in [6.45, 7) is 1.21. The maximum atomic E-state index is 11.5. The fraction of sp³-hybridized carbons (Fsp3) is 0.500. The Morgan fingerprint density at radius 1 is 1.55 bits per heavy atom. The van der Waals surface area contributed by atoms with E-state index in [2.05, 4.69) is 10.6 Å². The molecular formula is C14H19ClN2O3. The normalized spacial score (nSPS) is 20.3. The molecule has 20 heavy (non-hydrogen) atoms. The van der Waals surface area contributed by atoms with Gasteiger partial charge in [-0.15, -0.1) is 0 Å². The summed E-state index contributed by atoms with van der Waals surface area (Å²) >= 11 is 5.84. The molecule has 0 aliphatic carbocycles. The smallest absolute Gasteiger partial charge is 0.237 e. The van der Waals surface area contributed by atoms with E-state index in [1.165, 1.54) is 0 Å². The second-order valence-electron chi connectivity index (χ2n) is 4.82. The van der Waals surface area contributed by atoms with Crippen molar-refractivity contribution in [3.63, 3.8) is 0 Å². The van der Waals surface area contributed by atoms with Crippen molar-refractivity contribution in [3.05, 3.63) is 29.3 Å². The van der Waals surface area contributed by atoms with E-state index in [4.69, 9.17) is 16.3 Å². The lowest BCUT2D eigenvalue weighted by atomic mass is 10.1. The highest BCUT2D eigenvalue weighted by atomic mass is 35.5. The summed E-state index contributed by atoms with van der Waals surface area (Å²) in [6.07, 6.45) is 1.08. The summed E-state index contributed by atoms with van der Waals surface area (Å²) in [4.78, 5) is 11.5. The maximum Gasteiger partial charge on any atom is 0.237 e. The quantitative estimate of drug-likeness (QED) is 0.731. The zero-order chi connectivity index (χ0) is 14.4. The largest absolute Gasteiger partial charge is 0.491 e. The number of hydrogen-bond donors (Lipinski definition) is 3. The molecule has 0 spiro atoms. The molecule has 1 aliphatic rings. The zero-order valence-corrected chi connectivity index (χ0v) is 11.9. The lowest BCUT2D eigenvalue weighted by molar-refractivity contribution is -0.124. The molecule has 1 aromatic rings. The molecule has 5 nitrogen and oxygen atoms in total. The molecule has 0 aromatic heterocycles. The summed E-state index contributed by atoms with van der Waals surface area (Å²) in [5.74, 6) is 0.617. The Morgan fingerprint density at radius 2 is 2.40 bits per heavy atom. The number of ether oxygens (including phenoxy) is 1. The van der Waals surface area contributed by atoms with Gasteiger partial charge in [0.15, 0.2) is 0 Å². The number of nitrogens with one attached hydrogen (secondary N) is 2. The van der Waals surface area contributed by atoms with E-state index in [-0.39, 0.29) is 18.6 Å². The van der Waals surface area contributed by atoms with Gasteiger partial charge in [0, 0.05) is 18.1 Å². The first-order valence-corrected chi connectivity index (χ1v) is 7.10. The van der Waals surface area contributed by atoms with Gasteiger partial charge >= 0.3 is 0 Å². The third kappa shape index (κ3) is 4.67. The number of piperidine rings is 1. The fourth-order valence-electron chi connectivity index (χ4n) is 2.05. The zero-order valence-electron chi connectivity index (χ0n) is 11.1. The molecule has 2 atom stereocenters. The van der Waals surface area contributed by atoms with Crippen molar-refractivity contribution in [2.24, 2.45) is 0 Å². The number of hydrogen-bond acceptors (Lipinski definition) is 4. The number of carbonyl (C=O) groups excluding carboxylic acids is 1. The Bertz CT molecular complexity index is 456. The van der Waals surface area contributed by atoms with E-state index in [0.29, 0.717) is 17.3 Å². The molecule has 1 amide bonds. The van der Waals surface area contributed by atoms with Crippen LogP contribution in [0.25, 0.3) is 0 Å². The lowest BCUT2D eigenvalue weighted by Gasteiger charge is -2.24. The average Bonchev–Trinajstić information content (AvgIpc) is 2.44. The molecule has 1 aliphatic heterocycles. The van der Waals surface area contributed by atoms with Gasteiger partial charge in [0.1, 0.15) is 18.5 Å². The maximum absolute atomic E-state index is 11.5. The molecule has 0 radical (unpaired) electrons. The predicted octanol–water partition coefficient (Wildman–Crippen LogP) is 0.948. The molecular weight excluding hydrogens is 280 g/mol. The summed E-state index contributed by atoms with van der Waals surface area (Å²) in [5.41, 5.74) is 0. The van der Waals surface area contributed by atoms with Crippen LogP contribution in [0, 0.1) is 0 Å². The van der Waals surface area contributed by atoms with Crippen molar-refractivity contribution in [2.45, 2.75) is 25.0 Å². The third-order valence-corrected chi connectivity index (χ3v) is 3.36. The first kappa shape index (κ1) is 15.1. The fourth-order valence-corrected chi connectivity index (χ4v) is 2.23. The van der Waals surface area contributed by atoms with E-state index < -0.39 is 6.10 Å². The first-order chi connectivity index (χ1) is 9.65. The van der Waals surface area contributed by atoms with E-state index >= 15 is 0 Å². The lowest BCUT2D eigenvalue weighted by Crippen LogP contribution is -2.50. The van der Waals surface area contributed by atoms with Crippen molar-refractivity contribution in [1.82, 2.24) is 10.6 Å². The van der Waals surface area contributed by atoms with Crippen molar-refractivity contribution >= 4 is 17.5 Å². The van der Waals surface area contributed by atoms with Gasteiger partial charge in [0.2, 0.25) is 5.91 Å². The van der Waals surface area contributed by atoms with E-state index in [1.807, 2.05) is 0 Å². The standard InChI is InChI=1S/C14H19ClN2O3/c15-10-3-1-4-12(7-10)20-9-11(18)8-17-13-5-2-6-16-14(13)19/h1,3-4,7,11,13,17-18H,2,5-6,8-9H2,(H,16,19). The Kier molecular flexibility index (Phi) is 5.64. The number of aliphatic hydroxyl groups is 1. The van der Waals surface area contributed by atoms with Crippen LogP contribution in [0.15, 0.2) is 24.3 Å². The topological polar surface area (TPSA) is 70.6 Å². The molecule has 6 heteroatoms. The molecule has 0 saturated carbocycles. The molecule has 2 rings (SSSR count). The highest BCUT2D eigenvalue weighted by Gasteiger charge is 2.21. The summed E-state index contributed by atoms with van der Waals surface area (Å²) in [6, 6.07) is 6.80. The second-order valence-corrected chi connectivity index (χ2v) is 5.25. The number of aliphatic hydroxyl groups excluding tert-OH is 1. The average molecular weight is 299 g/mol. The molecule has 1 heterocycles. The molecule has 2 unspecified atom stereocenters. The van der Waals surface area contributed by atoms with Gasteiger partial charge in [-0.25, -0.2) is 0 Å². The Labute approximate surface area is 123 Å². The molecule has 110 valence electrons. The number of amides is 1. The monoisotopic (exact) mass is 298 g/mol. The van der Waals surface area contributed by atoms with Crippen LogP contribution in [0.4, 0.5) is 0 Å². The van der Waals surface area contributed by atoms with Gasteiger partial charge in [-0.3, -0.25) is 4.79 Å². The van der Waals surface area contributed by atoms with Crippen LogP contribution in [0.2, 0.25) is 5.02 Å². The van der Waals surface area contributed by atoms with Gasteiger partial charge in [-0.05, 0) is 31.0 Å². The summed E-state index contributed by atoms with van der Waals surface area (Å²) < 4.78 is 5.44. The number of rotatable bonds is 6. The van der Waals surface area contributed by atoms with Crippen LogP contribution in [0.1, 0.15) is 12.8 Å². The van der Waals surface area contributed by atoms with E-state index in [9.17, 15) is 9.90 Å². The summed E-state index contributed by atoms with van der Waals surface area (Å²) in [5, 5.41) is 16.3. The SMILES string of the molecule is O=C1NCCCC1NCC(O)COc1cccc(Cl)c1. The Balaban J connectivity index is 1.70. The second kappa shape index (κ2) is 7.47. The minimum Gasteiger partial charge on any atom is -0.491 e. The van der Waals surface area contributed by atoms with Gasteiger partial charge < -0.3 is 20.5 Å². The molecule has 1 fully saturated rings. The number of halogens is 1. The van der Waals surface area contributed by atoms with Crippen LogP contribution >= 0.6 is 11.6 Å². The highest BCUT2D eigenvalue weighted by molar-refractivity contribution is 6.30. The molecule has 1 aromatic carbocycles. The highest BCUT2D eigenvalue weighted by Crippen LogP contribution is 2.17. The molecule has 1 saturated heterocycles. The van der Waals surface area contributed by atoms with Crippen molar-refractivity contribution in [3.8, 4) is 5.75 Å². The van der Waals surface area contributed by atoms with Crippen molar-refractivity contribution in [1.29, 1.82) is 0 Å². The van der Waals surface area contributed by atoms with Gasteiger partial charge in [0.25, 0.3) is 0 Å². The molecule has 3 N–H and O–H groups in total. The first-order valence-electron chi connectivity index (χ1n) is 6.72. The Hall–Kier alpha value is -1.30. The van der Waals surface area contributed by atoms with Crippen LogP contribution in [0.5, 0.6) is 5.75 Å². The van der Waals surface area contributed by atoms with Crippen LogP contribution < -0.4 is 15.4 Å². The van der Waals surface area contributed by atoms with Gasteiger partial charge in [-0.1, -0.05) is 17.7 Å². The van der Waals surface area contributed by atoms with Crippen LogP contribution in [-0.4, -0.2) is 42.9 Å². The van der Waals surface area contributed by atoms with Crippen molar-refractivity contribution in [2.75, 3.05) is 19.7 Å². The van der Waals surface area contributed by atoms with Gasteiger partial charge in [0.05, 0.1) is 6.04 Å². The van der Waals surface area contributed by atoms with Gasteiger partial charge in [-0.2, -0.15) is 0 Å². The van der Waals surface area contributed by atoms with Crippen molar-refractivity contribution < 1.29 is 14.6 Å². The predicted molar refractivity (Wildman–Crippen MR) is 77.0 cm³/mol. The molecule has 0 bridgehead atoms. The van der Waals surface area contributed by atoms with E-state index in [0.717, 1.165) is 19.4 Å².